The fourth-order valence-electron chi connectivity index (χ4n) is 3.22. The SMILES string of the molecule is CC[C@@H](Cn1nncc1CCCCN/C=C\C(N)=O)c1cccc(O[C@@H](C)CC)c1. The topological polar surface area (TPSA) is 95.1 Å². The highest BCUT2D eigenvalue weighted by molar-refractivity contribution is 5.85. The predicted molar refractivity (Wildman–Crippen MR) is 119 cm³/mol. The normalized spacial score (nSPS) is 13.3. The number of ether oxygens (including phenoxy) is 1. The van der Waals surface area contributed by atoms with Crippen LogP contribution in [0.15, 0.2) is 42.7 Å². The van der Waals surface area contributed by atoms with Gasteiger partial charge in [0.2, 0.25) is 5.91 Å². The average molecular weight is 414 g/mol. The van der Waals surface area contributed by atoms with Crippen molar-refractivity contribution < 1.29 is 9.53 Å². The van der Waals surface area contributed by atoms with Crippen LogP contribution in [-0.2, 0) is 17.8 Å². The molecule has 2 aromatic rings. The van der Waals surface area contributed by atoms with E-state index in [0.717, 1.165) is 56.6 Å². The van der Waals surface area contributed by atoms with Crippen molar-refractivity contribution in [3.8, 4) is 5.75 Å². The summed E-state index contributed by atoms with van der Waals surface area (Å²) < 4.78 is 8.02. The van der Waals surface area contributed by atoms with Crippen molar-refractivity contribution in [3.63, 3.8) is 0 Å². The molecule has 2 rings (SSSR count). The number of aryl methyl sites for hydroxylation is 1. The number of rotatable bonds is 14. The van der Waals surface area contributed by atoms with Crippen LogP contribution >= 0.6 is 0 Å². The summed E-state index contributed by atoms with van der Waals surface area (Å²) in [5.74, 6) is 0.837. The fourth-order valence-corrected chi connectivity index (χ4v) is 3.22. The van der Waals surface area contributed by atoms with E-state index in [9.17, 15) is 4.79 Å². The summed E-state index contributed by atoms with van der Waals surface area (Å²) in [7, 11) is 0. The Kier molecular flexibility index (Phi) is 9.91. The molecule has 0 bridgehead atoms. The summed E-state index contributed by atoms with van der Waals surface area (Å²) in [6.07, 6.45) is 9.91. The molecule has 0 saturated carbocycles. The van der Waals surface area contributed by atoms with Gasteiger partial charge in [0.05, 0.1) is 18.0 Å². The van der Waals surface area contributed by atoms with Gasteiger partial charge >= 0.3 is 0 Å². The second-order valence-corrected chi connectivity index (χ2v) is 7.57. The maximum atomic E-state index is 10.6. The second kappa shape index (κ2) is 12.7. The molecule has 1 aromatic heterocycles. The Balaban J connectivity index is 1.90. The third-order valence-corrected chi connectivity index (χ3v) is 5.20. The molecule has 0 aliphatic carbocycles. The summed E-state index contributed by atoms with van der Waals surface area (Å²) in [6.45, 7) is 8.03. The monoisotopic (exact) mass is 413 g/mol. The highest BCUT2D eigenvalue weighted by Crippen LogP contribution is 2.26. The molecule has 2 atom stereocenters. The second-order valence-electron chi connectivity index (χ2n) is 7.57. The Labute approximate surface area is 179 Å². The number of hydrogen-bond acceptors (Lipinski definition) is 5. The van der Waals surface area contributed by atoms with Crippen molar-refractivity contribution in [3.05, 3.63) is 54.0 Å². The Hall–Kier alpha value is -2.83. The molecular weight excluding hydrogens is 378 g/mol. The number of carbonyl (C=O) groups excluding carboxylic acids is 1. The first kappa shape index (κ1) is 23.4. The van der Waals surface area contributed by atoms with Gasteiger partial charge in [-0.2, -0.15) is 0 Å². The number of carbonyl (C=O) groups is 1. The van der Waals surface area contributed by atoms with Gasteiger partial charge in [-0.25, -0.2) is 4.68 Å². The molecule has 3 N–H and O–H groups in total. The van der Waals surface area contributed by atoms with E-state index in [1.165, 1.54) is 11.6 Å². The van der Waals surface area contributed by atoms with Crippen LogP contribution in [0.3, 0.4) is 0 Å². The molecule has 0 radical (unpaired) electrons. The third-order valence-electron chi connectivity index (χ3n) is 5.20. The molecule has 0 saturated heterocycles. The number of benzene rings is 1. The first-order valence-corrected chi connectivity index (χ1v) is 10.9. The van der Waals surface area contributed by atoms with Crippen LogP contribution in [0.5, 0.6) is 5.75 Å². The molecule has 0 aliphatic rings. The molecule has 7 heteroatoms. The standard InChI is InChI=1S/C23H35N5O2/c1-4-18(3)30-22-11-8-9-20(15-22)19(5-2)17-28-21(16-26-27-28)10-6-7-13-25-14-12-23(24)29/h8-9,11-12,14-16,18-19,25H,4-7,10,13,17H2,1-3H3,(H2,24,29)/b14-12-/t18-,19-/m0/s1. The number of nitrogens with one attached hydrogen (secondary N) is 1. The minimum atomic E-state index is -0.445. The minimum Gasteiger partial charge on any atom is -0.491 e. The average Bonchev–Trinajstić information content (AvgIpc) is 3.18. The lowest BCUT2D eigenvalue weighted by atomic mass is 9.96. The smallest absolute Gasteiger partial charge is 0.242 e. The third kappa shape index (κ3) is 7.89. The van der Waals surface area contributed by atoms with Gasteiger partial charge in [0.15, 0.2) is 0 Å². The lowest BCUT2D eigenvalue weighted by Crippen LogP contribution is -2.14. The van der Waals surface area contributed by atoms with Gasteiger partial charge in [-0.15, -0.1) is 5.10 Å². The van der Waals surface area contributed by atoms with E-state index < -0.39 is 5.91 Å². The van der Waals surface area contributed by atoms with Gasteiger partial charge in [0.1, 0.15) is 5.75 Å². The van der Waals surface area contributed by atoms with Crippen molar-refractivity contribution in [2.45, 2.75) is 71.4 Å². The summed E-state index contributed by atoms with van der Waals surface area (Å²) >= 11 is 0. The molecule has 30 heavy (non-hydrogen) atoms. The number of nitrogens with two attached hydrogens (primary N) is 1. The predicted octanol–water partition coefficient (Wildman–Crippen LogP) is 3.56. The van der Waals surface area contributed by atoms with Crippen LogP contribution in [0, 0.1) is 0 Å². The van der Waals surface area contributed by atoms with Crippen molar-refractivity contribution in [1.29, 1.82) is 0 Å². The molecule has 0 fully saturated rings. The van der Waals surface area contributed by atoms with E-state index in [1.54, 1.807) is 6.20 Å². The summed E-state index contributed by atoms with van der Waals surface area (Å²) in [6, 6.07) is 8.41. The van der Waals surface area contributed by atoms with E-state index in [2.05, 4.69) is 54.6 Å². The van der Waals surface area contributed by atoms with E-state index in [-0.39, 0.29) is 6.10 Å². The van der Waals surface area contributed by atoms with Gasteiger partial charge < -0.3 is 15.8 Å². The Morgan fingerprint density at radius 3 is 2.87 bits per heavy atom. The molecular formula is C23H35N5O2. The maximum absolute atomic E-state index is 10.6. The first-order valence-electron chi connectivity index (χ1n) is 10.9. The lowest BCUT2D eigenvalue weighted by Gasteiger charge is -2.19. The Bertz CT molecular complexity index is 802. The van der Waals surface area contributed by atoms with Crippen LogP contribution in [0.4, 0.5) is 0 Å². The lowest BCUT2D eigenvalue weighted by molar-refractivity contribution is -0.113. The van der Waals surface area contributed by atoms with Gasteiger partial charge in [-0.3, -0.25) is 4.79 Å². The first-order chi connectivity index (χ1) is 14.5. The van der Waals surface area contributed by atoms with E-state index in [4.69, 9.17) is 10.5 Å². The quantitative estimate of drug-likeness (QED) is 0.365. The number of unbranched alkanes of at least 4 members (excludes halogenated alkanes) is 1. The molecule has 7 nitrogen and oxygen atoms in total. The van der Waals surface area contributed by atoms with Crippen molar-refractivity contribution >= 4 is 5.91 Å². The molecule has 0 unspecified atom stereocenters. The zero-order chi connectivity index (χ0) is 21.8. The molecule has 164 valence electrons. The van der Waals surface area contributed by atoms with Crippen molar-refractivity contribution in [1.82, 2.24) is 20.3 Å². The zero-order valence-electron chi connectivity index (χ0n) is 18.4. The van der Waals surface area contributed by atoms with Gasteiger partial charge in [0, 0.05) is 31.3 Å². The van der Waals surface area contributed by atoms with Crippen LogP contribution in [0.2, 0.25) is 0 Å². The largest absolute Gasteiger partial charge is 0.491 e. The fraction of sp³-hybridized carbons (Fsp3) is 0.522. The number of amides is 1. The highest BCUT2D eigenvalue weighted by Gasteiger charge is 2.15. The molecule has 1 heterocycles. The van der Waals surface area contributed by atoms with Crippen molar-refractivity contribution in [2.75, 3.05) is 6.54 Å². The number of nitrogens with zero attached hydrogens (tertiary/aromatic N) is 3. The molecule has 1 aromatic carbocycles. The van der Waals surface area contributed by atoms with Gasteiger partial charge in [-0.1, -0.05) is 31.2 Å². The minimum absolute atomic E-state index is 0.211. The highest BCUT2D eigenvalue weighted by atomic mass is 16.5. The Morgan fingerprint density at radius 1 is 1.30 bits per heavy atom. The summed E-state index contributed by atoms with van der Waals surface area (Å²) in [4.78, 5) is 10.6. The maximum Gasteiger partial charge on any atom is 0.242 e. The van der Waals surface area contributed by atoms with Crippen LogP contribution in [-0.4, -0.2) is 33.5 Å². The zero-order valence-corrected chi connectivity index (χ0v) is 18.4. The van der Waals surface area contributed by atoms with Crippen LogP contribution < -0.4 is 15.8 Å². The Morgan fingerprint density at radius 2 is 2.13 bits per heavy atom. The van der Waals surface area contributed by atoms with Gasteiger partial charge in [0.25, 0.3) is 0 Å². The van der Waals surface area contributed by atoms with Crippen molar-refractivity contribution in [2.24, 2.45) is 5.73 Å². The van der Waals surface area contributed by atoms with E-state index >= 15 is 0 Å². The van der Waals surface area contributed by atoms with E-state index in [1.807, 2.05) is 16.9 Å². The molecule has 1 amide bonds. The number of hydrogen-bond donors (Lipinski definition) is 2. The van der Waals surface area contributed by atoms with Crippen LogP contribution in [0.25, 0.3) is 0 Å². The van der Waals surface area contributed by atoms with E-state index in [0.29, 0.717) is 5.92 Å². The number of primary amides is 1. The molecule has 0 spiro atoms. The van der Waals surface area contributed by atoms with Crippen LogP contribution in [0.1, 0.15) is 63.6 Å². The summed E-state index contributed by atoms with van der Waals surface area (Å²) in [5.41, 5.74) is 7.47. The molecule has 0 aliphatic heterocycles. The van der Waals surface area contributed by atoms with Gasteiger partial charge in [-0.05, 0) is 56.7 Å². The number of aromatic nitrogens is 3. The summed E-state index contributed by atoms with van der Waals surface area (Å²) in [5, 5.41) is 11.5.